The number of pyridine rings is 1. The van der Waals surface area contributed by atoms with Crippen LogP contribution in [0.2, 0.25) is 0 Å². The van der Waals surface area contributed by atoms with Crippen molar-refractivity contribution in [2.75, 3.05) is 24.8 Å². The number of hydrogen-bond donors (Lipinski definition) is 1. The normalized spacial score (nSPS) is 17.6. The van der Waals surface area contributed by atoms with E-state index in [1.165, 1.54) is 24.8 Å². The summed E-state index contributed by atoms with van der Waals surface area (Å²) in [6, 6.07) is 10.6. The van der Waals surface area contributed by atoms with E-state index in [1.807, 2.05) is 18.3 Å². The molecule has 1 unspecified atom stereocenters. The number of anilines is 1. The second kappa shape index (κ2) is 7.31. The average molecular weight is 339 g/mol. The number of nitrogens with zero attached hydrogens (tertiary/aromatic N) is 2. The van der Waals surface area contributed by atoms with Crippen LogP contribution in [0.3, 0.4) is 0 Å². The minimum absolute atomic E-state index is 0.240. The number of hydrogen-bond acceptors (Lipinski definition) is 5. The molecule has 0 radical (unpaired) electrons. The highest BCUT2D eigenvalue weighted by molar-refractivity contribution is 5.48. The Kier molecular flexibility index (Phi) is 4.74. The predicted molar refractivity (Wildman–Crippen MR) is 98.1 cm³/mol. The fraction of sp³-hybridized carbons (Fsp3) is 0.450. The Bertz CT molecular complexity index is 729. The molecule has 1 saturated heterocycles. The van der Waals surface area contributed by atoms with Gasteiger partial charge < -0.3 is 19.7 Å². The van der Waals surface area contributed by atoms with Crippen LogP contribution < -0.4 is 19.7 Å². The number of rotatable bonds is 5. The van der Waals surface area contributed by atoms with E-state index in [1.54, 1.807) is 0 Å². The maximum atomic E-state index is 5.59. The van der Waals surface area contributed by atoms with Crippen LogP contribution in [-0.4, -0.2) is 24.9 Å². The fourth-order valence-electron chi connectivity index (χ4n) is 3.51. The van der Waals surface area contributed by atoms with E-state index < -0.39 is 0 Å². The first-order valence-corrected chi connectivity index (χ1v) is 9.13. The van der Waals surface area contributed by atoms with Gasteiger partial charge in [0.1, 0.15) is 5.82 Å². The molecule has 0 bridgehead atoms. The third-order valence-electron chi connectivity index (χ3n) is 5.03. The first-order chi connectivity index (χ1) is 12.3. The lowest BCUT2D eigenvalue weighted by molar-refractivity contribution is 0.173. The van der Waals surface area contributed by atoms with Gasteiger partial charge in [-0.05, 0) is 49.9 Å². The Morgan fingerprint density at radius 3 is 2.92 bits per heavy atom. The molecule has 1 N–H and O–H groups in total. The molecule has 2 aromatic rings. The molecule has 4 rings (SSSR count). The highest BCUT2D eigenvalue weighted by Crippen LogP contribution is 2.35. The molecule has 25 heavy (non-hydrogen) atoms. The summed E-state index contributed by atoms with van der Waals surface area (Å²) in [5, 5.41) is 3.59. The molecule has 2 aliphatic heterocycles. The number of para-hydroxylation sites is 1. The first-order valence-electron chi connectivity index (χ1n) is 9.13. The highest BCUT2D eigenvalue weighted by atomic mass is 16.7. The van der Waals surface area contributed by atoms with Crippen LogP contribution in [0.25, 0.3) is 0 Å². The third kappa shape index (κ3) is 3.56. The Hall–Kier alpha value is -2.27. The summed E-state index contributed by atoms with van der Waals surface area (Å²) in [7, 11) is 0. The fourth-order valence-corrected chi connectivity index (χ4v) is 3.51. The Labute approximate surface area is 149 Å². The van der Waals surface area contributed by atoms with Crippen molar-refractivity contribution in [3.63, 3.8) is 0 Å². The molecule has 1 fully saturated rings. The summed E-state index contributed by atoms with van der Waals surface area (Å²) >= 11 is 0. The van der Waals surface area contributed by atoms with Gasteiger partial charge in [-0.3, -0.25) is 0 Å². The van der Waals surface area contributed by atoms with Crippen molar-refractivity contribution >= 4 is 5.82 Å². The minimum Gasteiger partial charge on any atom is -0.454 e. The third-order valence-corrected chi connectivity index (χ3v) is 5.03. The van der Waals surface area contributed by atoms with Gasteiger partial charge in [0, 0.05) is 37.4 Å². The number of benzene rings is 1. The van der Waals surface area contributed by atoms with Crippen LogP contribution in [0.5, 0.6) is 11.5 Å². The molecule has 132 valence electrons. The zero-order valence-corrected chi connectivity index (χ0v) is 14.7. The van der Waals surface area contributed by atoms with Gasteiger partial charge in [0.2, 0.25) is 6.79 Å². The van der Waals surface area contributed by atoms with E-state index in [-0.39, 0.29) is 6.04 Å². The number of fused-ring (bicyclic) bond motifs is 1. The monoisotopic (exact) mass is 339 g/mol. The number of piperidine rings is 1. The SMILES string of the molecule is CC(NCc1cccc2c1OCO2)c1ccnc(N2CCCCC2)c1. The van der Waals surface area contributed by atoms with Crippen LogP contribution in [-0.2, 0) is 6.54 Å². The summed E-state index contributed by atoms with van der Waals surface area (Å²) in [4.78, 5) is 6.97. The van der Waals surface area contributed by atoms with Gasteiger partial charge in [0.25, 0.3) is 0 Å². The van der Waals surface area contributed by atoms with Crippen LogP contribution >= 0.6 is 0 Å². The van der Waals surface area contributed by atoms with E-state index in [2.05, 4.69) is 40.3 Å². The second-order valence-electron chi connectivity index (χ2n) is 6.75. The van der Waals surface area contributed by atoms with Gasteiger partial charge in [-0.15, -0.1) is 0 Å². The van der Waals surface area contributed by atoms with Gasteiger partial charge in [0.15, 0.2) is 11.5 Å². The summed E-state index contributed by atoms with van der Waals surface area (Å²) in [5.41, 5.74) is 2.40. The van der Waals surface area contributed by atoms with Crippen molar-refractivity contribution in [2.24, 2.45) is 0 Å². The van der Waals surface area contributed by atoms with E-state index in [0.29, 0.717) is 6.79 Å². The van der Waals surface area contributed by atoms with E-state index in [9.17, 15) is 0 Å². The van der Waals surface area contributed by atoms with Crippen molar-refractivity contribution in [3.05, 3.63) is 47.7 Å². The summed E-state index contributed by atoms with van der Waals surface area (Å²) in [6.07, 6.45) is 5.79. The molecular weight excluding hydrogens is 314 g/mol. The van der Waals surface area contributed by atoms with Crippen molar-refractivity contribution in [1.29, 1.82) is 0 Å². The first kappa shape index (κ1) is 16.2. The molecule has 0 aliphatic carbocycles. The lowest BCUT2D eigenvalue weighted by atomic mass is 10.1. The zero-order valence-electron chi connectivity index (χ0n) is 14.7. The largest absolute Gasteiger partial charge is 0.454 e. The van der Waals surface area contributed by atoms with Gasteiger partial charge in [-0.2, -0.15) is 0 Å². The predicted octanol–water partition coefficient (Wildman–Crippen LogP) is 3.65. The quantitative estimate of drug-likeness (QED) is 0.901. The summed E-state index contributed by atoms with van der Waals surface area (Å²) in [5.74, 6) is 2.80. The van der Waals surface area contributed by atoms with Gasteiger partial charge in [-0.25, -0.2) is 4.98 Å². The highest BCUT2D eigenvalue weighted by Gasteiger charge is 2.18. The summed E-state index contributed by atoms with van der Waals surface area (Å²) in [6.45, 7) is 5.48. The molecule has 1 aromatic heterocycles. The number of nitrogens with one attached hydrogen (secondary N) is 1. The Balaban J connectivity index is 1.43. The smallest absolute Gasteiger partial charge is 0.231 e. The van der Waals surface area contributed by atoms with Crippen LogP contribution in [0.15, 0.2) is 36.5 Å². The Morgan fingerprint density at radius 2 is 2.04 bits per heavy atom. The van der Waals surface area contributed by atoms with E-state index in [0.717, 1.165) is 42.5 Å². The van der Waals surface area contributed by atoms with Crippen molar-refractivity contribution in [3.8, 4) is 11.5 Å². The molecule has 3 heterocycles. The molecule has 5 heteroatoms. The number of aromatic nitrogens is 1. The molecule has 2 aliphatic rings. The lowest BCUT2D eigenvalue weighted by Gasteiger charge is -2.28. The second-order valence-corrected chi connectivity index (χ2v) is 6.75. The van der Waals surface area contributed by atoms with Gasteiger partial charge >= 0.3 is 0 Å². The lowest BCUT2D eigenvalue weighted by Crippen LogP contribution is -2.30. The van der Waals surface area contributed by atoms with E-state index in [4.69, 9.17) is 9.47 Å². The molecule has 0 amide bonds. The molecule has 1 atom stereocenters. The standard InChI is InChI=1S/C20H25N3O2/c1-15(22-13-17-6-5-7-18-20(17)25-14-24-18)16-8-9-21-19(12-16)23-10-3-2-4-11-23/h5-9,12,15,22H,2-4,10-11,13-14H2,1H3. The summed E-state index contributed by atoms with van der Waals surface area (Å²) < 4.78 is 11.0. The van der Waals surface area contributed by atoms with Crippen LogP contribution in [0.1, 0.15) is 43.4 Å². The average Bonchev–Trinajstić information content (AvgIpc) is 3.16. The Morgan fingerprint density at radius 1 is 1.16 bits per heavy atom. The topological polar surface area (TPSA) is 46.6 Å². The molecule has 5 nitrogen and oxygen atoms in total. The van der Waals surface area contributed by atoms with Gasteiger partial charge in [0.05, 0.1) is 0 Å². The van der Waals surface area contributed by atoms with Crippen molar-refractivity contribution < 1.29 is 9.47 Å². The van der Waals surface area contributed by atoms with Gasteiger partial charge in [-0.1, -0.05) is 12.1 Å². The van der Waals surface area contributed by atoms with Crippen molar-refractivity contribution in [2.45, 2.75) is 38.8 Å². The number of ether oxygens (including phenoxy) is 2. The maximum Gasteiger partial charge on any atom is 0.231 e. The van der Waals surface area contributed by atoms with Crippen molar-refractivity contribution in [1.82, 2.24) is 10.3 Å². The molecule has 0 spiro atoms. The van der Waals surface area contributed by atoms with E-state index >= 15 is 0 Å². The molecular formula is C20H25N3O2. The molecule has 0 saturated carbocycles. The maximum absolute atomic E-state index is 5.59. The minimum atomic E-state index is 0.240. The zero-order chi connectivity index (χ0) is 17.1. The van der Waals surface area contributed by atoms with Crippen LogP contribution in [0, 0.1) is 0 Å². The molecule has 1 aromatic carbocycles. The van der Waals surface area contributed by atoms with Crippen LogP contribution in [0.4, 0.5) is 5.82 Å².